The van der Waals surface area contributed by atoms with E-state index in [1.165, 1.54) is 32.1 Å². The molecule has 20 heavy (non-hydrogen) atoms. The third-order valence-corrected chi connectivity index (χ3v) is 3.72. The van der Waals surface area contributed by atoms with Crippen LogP contribution in [-0.2, 0) is 14.1 Å². The van der Waals surface area contributed by atoms with E-state index in [1.54, 1.807) is 6.92 Å². The van der Waals surface area contributed by atoms with Gasteiger partial charge in [-0.25, -0.2) is 4.79 Å². The highest BCUT2D eigenvalue weighted by atomic mass is 31.0. The Bertz CT molecular complexity index is 227. The molecule has 0 fully saturated rings. The average molecular weight is 308 g/mol. The minimum absolute atomic E-state index is 0.174. The van der Waals surface area contributed by atoms with Crippen LogP contribution in [0.5, 0.6) is 0 Å². The van der Waals surface area contributed by atoms with Crippen molar-refractivity contribution in [3.63, 3.8) is 0 Å². The zero-order valence-corrected chi connectivity index (χ0v) is 13.9. The second kappa shape index (κ2) is 15.2. The lowest BCUT2D eigenvalue weighted by atomic mass is 10.1. The van der Waals surface area contributed by atoms with Crippen molar-refractivity contribution in [3.8, 4) is 0 Å². The summed E-state index contributed by atoms with van der Waals surface area (Å²) in [5.74, 6) is -0.298. The summed E-state index contributed by atoms with van der Waals surface area (Å²) < 4.78 is 21.7. The molecule has 120 valence electrons. The van der Waals surface area contributed by atoms with E-state index in [1.807, 2.05) is 0 Å². The van der Waals surface area contributed by atoms with Gasteiger partial charge in [-0.05, 0) is 19.8 Å². The molecular formula is C15H30FO3P. The van der Waals surface area contributed by atoms with Crippen molar-refractivity contribution >= 4 is 15.4 Å². The van der Waals surface area contributed by atoms with Gasteiger partial charge in [0.2, 0.25) is 0 Å². The second-order valence-corrected chi connectivity index (χ2v) is 5.44. The first-order valence-electron chi connectivity index (χ1n) is 7.80. The molecule has 0 N–H and O–H groups in total. The fraction of sp³-hybridized carbons (Fsp3) is 0.933. The van der Waals surface area contributed by atoms with Gasteiger partial charge in [-0.15, -0.1) is 0 Å². The maximum absolute atomic E-state index is 11.8. The molecule has 2 atom stereocenters. The maximum Gasteiger partial charge on any atom is 0.335 e. The molecule has 0 aliphatic heterocycles. The smallest absolute Gasteiger partial charge is 0.335 e. The molecular weight excluding hydrogens is 278 g/mol. The molecule has 0 aliphatic carbocycles. The van der Waals surface area contributed by atoms with Crippen LogP contribution in [0, 0.1) is 0 Å². The molecule has 0 spiro atoms. The molecule has 2 unspecified atom stereocenters. The third kappa shape index (κ3) is 12.8. The molecule has 0 aromatic heterocycles. The molecule has 0 bridgehead atoms. The van der Waals surface area contributed by atoms with Crippen molar-refractivity contribution in [1.29, 1.82) is 0 Å². The van der Waals surface area contributed by atoms with Gasteiger partial charge in [-0.3, -0.25) is 4.39 Å². The number of carbonyl (C=O) groups is 1. The summed E-state index contributed by atoms with van der Waals surface area (Å²) in [5, 5.41) is 0. The van der Waals surface area contributed by atoms with Gasteiger partial charge in [0.15, 0.2) is 6.10 Å². The van der Waals surface area contributed by atoms with Gasteiger partial charge in [0.1, 0.15) is 0 Å². The van der Waals surface area contributed by atoms with Crippen LogP contribution >= 0.6 is 9.47 Å². The van der Waals surface area contributed by atoms with Crippen LogP contribution in [0.1, 0.15) is 71.1 Å². The summed E-state index contributed by atoms with van der Waals surface area (Å²) in [6, 6.07) is 0. The zero-order valence-electron chi connectivity index (χ0n) is 12.7. The molecule has 0 radical (unpaired) electrons. The molecule has 0 rings (SSSR count). The van der Waals surface area contributed by atoms with Crippen molar-refractivity contribution in [2.45, 2.75) is 77.2 Å². The Hall–Kier alpha value is -0.210. The Balaban J connectivity index is 3.11. The Morgan fingerprint density at radius 1 is 0.950 bits per heavy atom. The van der Waals surface area contributed by atoms with Crippen molar-refractivity contribution in [2.24, 2.45) is 0 Å². The average Bonchev–Trinajstić information content (AvgIpc) is 2.47. The van der Waals surface area contributed by atoms with E-state index in [4.69, 9.17) is 9.26 Å². The highest BCUT2D eigenvalue weighted by Crippen LogP contribution is 2.11. The first-order valence-corrected chi connectivity index (χ1v) is 8.27. The fourth-order valence-electron chi connectivity index (χ4n) is 1.96. The maximum atomic E-state index is 11.8. The molecule has 0 aliphatic rings. The van der Waals surface area contributed by atoms with E-state index in [9.17, 15) is 9.18 Å². The van der Waals surface area contributed by atoms with Crippen LogP contribution in [0.25, 0.3) is 0 Å². The molecule has 0 amide bonds. The number of carbonyl (C=O) groups excluding carboxylic acids is 1. The standard InChI is InChI=1S/C15H30FO3P/c1-14(19-20)15(17)18-13-11-9-7-5-3-2-4-6-8-10-12-16/h14H,2-13,20H2,1H3. The normalized spacial score (nSPS) is 12.3. The topological polar surface area (TPSA) is 35.5 Å². The van der Waals surface area contributed by atoms with Crippen molar-refractivity contribution in [1.82, 2.24) is 0 Å². The van der Waals surface area contributed by atoms with E-state index < -0.39 is 6.10 Å². The van der Waals surface area contributed by atoms with Gasteiger partial charge in [0.25, 0.3) is 0 Å². The van der Waals surface area contributed by atoms with E-state index in [0.29, 0.717) is 6.61 Å². The predicted molar refractivity (Wildman–Crippen MR) is 83.4 cm³/mol. The first-order chi connectivity index (χ1) is 9.72. The summed E-state index contributed by atoms with van der Waals surface area (Å²) in [7, 11) is 2.07. The van der Waals surface area contributed by atoms with Crippen LogP contribution in [0.3, 0.4) is 0 Å². The number of alkyl halides is 1. The monoisotopic (exact) mass is 308 g/mol. The van der Waals surface area contributed by atoms with Gasteiger partial charge >= 0.3 is 5.97 Å². The third-order valence-electron chi connectivity index (χ3n) is 3.31. The lowest BCUT2D eigenvalue weighted by Gasteiger charge is -2.09. The minimum Gasteiger partial charge on any atom is -0.464 e. The van der Waals surface area contributed by atoms with Crippen molar-refractivity contribution < 1.29 is 18.4 Å². The van der Waals surface area contributed by atoms with Gasteiger partial charge in [-0.1, -0.05) is 51.4 Å². The van der Waals surface area contributed by atoms with E-state index in [0.717, 1.165) is 32.1 Å². The molecule has 0 aromatic rings. The number of hydrogen-bond acceptors (Lipinski definition) is 3. The van der Waals surface area contributed by atoms with Crippen molar-refractivity contribution in [3.05, 3.63) is 0 Å². The SMILES string of the molecule is CC(OP)C(=O)OCCCCCCCCCCCCF. The quantitative estimate of drug-likeness (QED) is 0.267. The highest BCUT2D eigenvalue weighted by Gasteiger charge is 2.12. The van der Waals surface area contributed by atoms with Crippen LogP contribution in [0.15, 0.2) is 0 Å². The zero-order chi connectivity index (χ0) is 15.1. The fourth-order valence-corrected chi connectivity index (χ4v) is 2.07. The predicted octanol–water partition coefficient (Wildman–Crippen LogP) is 4.60. The van der Waals surface area contributed by atoms with Crippen LogP contribution in [-0.4, -0.2) is 25.4 Å². The van der Waals surface area contributed by atoms with Gasteiger partial charge in [0, 0.05) is 9.47 Å². The molecule has 0 heterocycles. The number of hydrogen-bond donors (Lipinski definition) is 0. The number of esters is 1. The lowest BCUT2D eigenvalue weighted by Crippen LogP contribution is -2.20. The number of unbranched alkanes of at least 4 members (excludes halogenated alkanes) is 9. The van der Waals surface area contributed by atoms with Crippen molar-refractivity contribution in [2.75, 3.05) is 13.3 Å². The largest absolute Gasteiger partial charge is 0.464 e. The van der Waals surface area contributed by atoms with E-state index >= 15 is 0 Å². The number of rotatable bonds is 14. The molecule has 0 aromatic carbocycles. The Labute approximate surface area is 125 Å². The molecule has 0 saturated carbocycles. The van der Waals surface area contributed by atoms with E-state index in [-0.39, 0.29) is 12.6 Å². The second-order valence-electron chi connectivity index (χ2n) is 5.17. The van der Waals surface area contributed by atoms with Crippen LogP contribution in [0.2, 0.25) is 0 Å². The van der Waals surface area contributed by atoms with Crippen LogP contribution in [0.4, 0.5) is 4.39 Å². The summed E-state index contributed by atoms with van der Waals surface area (Å²) >= 11 is 0. The first kappa shape index (κ1) is 19.8. The Kier molecular flexibility index (Phi) is 15.0. The minimum atomic E-state index is -0.502. The van der Waals surface area contributed by atoms with E-state index in [2.05, 4.69) is 9.47 Å². The summed E-state index contributed by atoms with van der Waals surface area (Å²) in [6.07, 6.45) is 10.6. The summed E-state index contributed by atoms with van der Waals surface area (Å²) in [6.45, 7) is 1.98. The van der Waals surface area contributed by atoms with Gasteiger partial charge in [0.05, 0.1) is 13.3 Å². The highest BCUT2D eigenvalue weighted by molar-refractivity contribution is 7.09. The summed E-state index contributed by atoms with van der Waals surface area (Å²) in [4.78, 5) is 11.3. The number of halogens is 1. The Morgan fingerprint density at radius 2 is 1.40 bits per heavy atom. The summed E-state index contributed by atoms with van der Waals surface area (Å²) in [5.41, 5.74) is 0. The van der Waals surface area contributed by atoms with Crippen LogP contribution < -0.4 is 0 Å². The Morgan fingerprint density at radius 3 is 1.85 bits per heavy atom. The molecule has 5 heteroatoms. The number of ether oxygens (including phenoxy) is 1. The van der Waals surface area contributed by atoms with Gasteiger partial charge in [-0.2, -0.15) is 0 Å². The lowest BCUT2D eigenvalue weighted by molar-refractivity contribution is -0.150. The molecule has 0 saturated heterocycles. The molecule has 3 nitrogen and oxygen atoms in total. The van der Waals surface area contributed by atoms with Gasteiger partial charge < -0.3 is 9.26 Å².